The zero-order valence-corrected chi connectivity index (χ0v) is 20.8. The number of aliphatic hydroxyl groups is 1. The van der Waals surface area contributed by atoms with Gasteiger partial charge in [0.15, 0.2) is 0 Å². The highest BCUT2D eigenvalue weighted by atomic mass is 16.5. The zero-order chi connectivity index (χ0) is 25.2. The third kappa shape index (κ3) is 6.42. The first kappa shape index (κ1) is 26.3. The average molecular weight is 482 g/mol. The molecule has 0 saturated carbocycles. The summed E-state index contributed by atoms with van der Waals surface area (Å²) in [5, 5.41) is 11.3. The molecule has 1 aliphatic rings. The molecule has 0 aromatic heterocycles. The Morgan fingerprint density at radius 2 is 1.66 bits per heavy atom. The Bertz CT molecular complexity index is 1030. The van der Waals surface area contributed by atoms with Gasteiger partial charge in [0, 0.05) is 25.8 Å². The van der Waals surface area contributed by atoms with E-state index in [1.807, 2.05) is 31.2 Å². The van der Waals surface area contributed by atoms with Crippen LogP contribution in [0.15, 0.2) is 54.1 Å². The molecule has 7 heteroatoms. The van der Waals surface area contributed by atoms with Gasteiger partial charge in [-0.1, -0.05) is 44.5 Å². The number of amides is 1. The molecule has 0 aliphatic carbocycles. The fourth-order valence-electron chi connectivity index (χ4n) is 4.03. The molecule has 2 aromatic rings. The fraction of sp³-hybridized carbons (Fsp3) is 0.429. The molecule has 188 valence electrons. The van der Waals surface area contributed by atoms with E-state index < -0.39 is 17.7 Å². The Morgan fingerprint density at radius 3 is 2.34 bits per heavy atom. The van der Waals surface area contributed by atoms with Crippen LogP contribution in [-0.4, -0.2) is 55.2 Å². The van der Waals surface area contributed by atoms with Crippen molar-refractivity contribution in [2.24, 2.45) is 0 Å². The molecular formula is C28H35NO6. The van der Waals surface area contributed by atoms with Gasteiger partial charge in [-0.25, -0.2) is 0 Å². The van der Waals surface area contributed by atoms with Gasteiger partial charge in [-0.15, -0.1) is 0 Å². The van der Waals surface area contributed by atoms with Gasteiger partial charge in [-0.3, -0.25) is 9.59 Å². The van der Waals surface area contributed by atoms with Crippen LogP contribution in [0.25, 0.3) is 5.76 Å². The van der Waals surface area contributed by atoms with Crippen LogP contribution < -0.4 is 9.47 Å². The first-order chi connectivity index (χ1) is 17.0. The smallest absolute Gasteiger partial charge is 0.295 e. The molecule has 2 aromatic carbocycles. The number of hydrogen-bond acceptors (Lipinski definition) is 6. The van der Waals surface area contributed by atoms with Gasteiger partial charge in [0.05, 0.1) is 24.8 Å². The summed E-state index contributed by atoms with van der Waals surface area (Å²) in [7, 11) is 1.59. The van der Waals surface area contributed by atoms with E-state index in [2.05, 4.69) is 6.92 Å². The van der Waals surface area contributed by atoms with Crippen molar-refractivity contribution in [3.05, 3.63) is 65.2 Å². The molecule has 0 spiro atoms. The maximum atomic E-state index is 13.1. The predicted molar refractivity (Wildman–Crippen MR) is 135 cm³/mol. The largest absolute Gasteiger partial charge is 0.507 e. The Hall–Kier alpha value is -3.32. The number of carbonyl (C=O) groups is 2. The lowest BCUT2D eigenvalue weighted by molar-refractivity contribution is -0.140. The molecule has 7 nitrogen and oxygen atoms in total. The van der Waals surface area contributed by atoms with E-state index in [9.17, 15) is 14.7 Å². The van der Waals surface area contributed by atoms with Crippen LogP contribution >= 0.6 is 0 Å². The van der Waals surface area contributed by atoms with Crippen LogP contribution in [0.1, 0.15) is 56.7 Å². The van der Waals surface area contributed by atoms with E-state index in [4.69, 9.17) is 14.2 Å². The second-order valence-corrected chi connectivity index (χ2v) is 8.49. The summed E-state index contributed by atoms with van der Waals surface area (Å²) in [5.41, 5.74) is 1.22. The predicted octanol–water partition coefficient (Wildman–Crippen LogP) is 5.11. The molecule has 0 radical (unpaired) electrons. The summed E-state index contributed by atoms with van der Waals surface area (Å²) in [6, 6.07) is 13.6. The number of ether oxygens (including phenoxy) is 3. The Balaban J connectivity index is 2.00. The number of hydrogen-bond donors (Lipinski definition) is 1. The SMILES string of the molecule is CCCCOc1ccc(C2C(=C(O)c3cccc(OCCC)c3)C(=O)C(=O)N2CCCOC)cc1. The maximum Gasteiger partial charge on any atom is 0.295 e. The normalized spacial score (nSPS) is 17.1. The fourth-order valence-corrected chi connectivity index (χ4v) is 4.03. The van der Waals surface area contributed by atoms with E-state index in [0.29, 0.717) is 44.1 Å². The van der Waals surface area contributed by atoms with Gasteiger partial charge < -0.3 is 24.2 Å². The van der Waals surface area contributed by atoms with Crippen molar-refractivity contribution in [2.75, 3.05) is 33.5 Å². The first-order valence-electron chi connectivity index (χ1n) is 12.2. The summed E-state index contributed by atoms with van der Waals surface area (Å²) in [4.78, 5) is 27.7. The van der Waals surface area contributed by atoms with E-state index in [0.717, 1.165) is 30.6 Å². The molecule has 0 bridgehead atoms. The molecule has 1 aliphatic heterocycles. The van der Waals surface area contributed by atoms with E-state index >= 15 is 0 Å². The molecule has 35 heavy (non-hydrogen) atoms. The maximum absolute atomic E-state index is 13.1. The monoisotopic (exact) mass is 481 g/mol. The Kier molecular flexibility index (Phi) is 9.73. The molecule has 1 amide bonds. The Morgan fingerprint density at radius 1 is 0.914 bits per heavy atom. The highest BCUT2D eigenvalue weighted by Crippen LogP contribution is 2.40. The zero-order valence-electron chi connectivity index (χ0n) is 20.8. The molecule has 1 fully saturated rings. The lowest BCUT2D eigenvalue weighted by Gasteiger charge is -2.25. The lowest BCUT2D eigenvalue weighted by atomic mass is 9.95. The molecule has 1 atom stereocenters. The highest BCUT2D eigenvalue weighted by Gasteiger charge is 2.45. The van der Waals surface area contributed by atoms with Gasteiger partial charge in [-0.05, 0) is 49.1 Å². The third-order valence-corrected chi connectivity index (χ3v) is 5.83. The van der Waals surface area contributed by atoms with Gasteiger partial charge in [-0.2, -0.15) is 0 Å². The van der Waals surface area contributed by atoms with Crippen LogP contribution in [0, 0.1) is 0 Å². The lowest BCUT2D eigenvalue weighted by Crippen LogP contribution is -2.31. The number of methoxy groups -OCH3 is 1. The number of rotatable bonds is 13. The van der Waals surface area contributed by atoms with Crippen LogP contribution in [0.4, 0.5) is 0 Å². The summed E-state index contributed by atoms with van der Waals surface area (Å²) < 4.78 is 16.6. The number of nitrogens with zero attached hydrogens (tertiary/aromatic N) is 1. The number of ketones is 1. The van der Waals surface area contributed by atoms with Gasteiger partial charge in [0.2, 0.25) is 0 Å². The minimum atomic E-state index is -0.711. The minimum absolute atomic E-state index is 0.0692. The molecule has 3 rings (SSSR count). The molecular weight excluding hydrogens is 446 g/mol. The van der Waals surface area contributed by atoms with Crippen molar-refractivity contribution < 1.29 is 28.9 Å². The first-order valence-corrected chi connectivity index (χ1v) is 12.2. The number of unbranched alkanes of at least 4 members (excludes halogenated alkanes) is 1. The Labute approximate surface area is 207 Å². The van der Waals surface area contributed by atoms with Crippen molar-refractivity contribution in [2.45, 2.75) is 45.6 Å². The molecule has 1 unspecified atom stereocenters. The number of carbonyl (C=O) groups excluding carboxylic acids is 2. The van der Waals surface area contributed by atoms with Crippen molar-refractivity contribution in [1.29, 1.82) is 0 Å². The number of benzene rings is 2. The molecule has 1 heterocycles. The summed E-state index contributed by atoms with van der Waals surface area (Å²) in [6.07, 6.45) is 3.42. The number of aliphatic hydroxyl groups excluding tert-OH is 1. The molecule has 1 N–H and O–H groups in total. The standard InChI is InChI=1S/C28H35NO6/c1-4-6-18-35-22-13-11-20(12-14-22)25-24(27(31)28(32)29(25)15-8-17-33-3)26(30)21-9-7-10-23(19-21)34-16-5-2/h7,9-14,19,25,30H,4-6,8,15-18H2,1-3H3. The topological polar surface area (TPSA) is 85.3 Å². The quantitative estimate of drug-likeness (QED) is 0.185. The average Bonchev–Trinajstić information content (AvgIpc) is 3.13. The van der Waals surface area contributed by atoms with Crippen LogP contribution in [0.3, 0.4) is 0 Å². The van der Waals surface area contributed by atoms with E-state index in [1.54, 1.807) is 31.4 Å². The number of Topliss-reactive ketones (excluding diaryl/α,β-unsaturated/α-hetero) is 1. The van der Waals surface area contributed by atoms with Crippen molar-refractivity contribution in [3.63, 3.8) is 0 Å². The van der Waals surface area contributed by atoms with Crippen molar-refractivity contribution in [1.82, 2.24) is 4.90 Å². The van der Waals surface area contributed by atoms with E-state index in [-0.39, 0.29) is 11.3 Å². The second-order valence-electron chi connectivity index (χ2n) is 8.49. The second kappa shape index (κ2) is 13.0. The summed E-state index contributed by atoms with van der Waals surface area (Å²) in [6.45, 7) is 6.06. The van der Waals surface area contributed by atoms with Crippen molar-refractivity contribution in [3.8, 4) is 11.5 Å². The summed E-state index contributed by atoms with van der Waals surface area (Å²) >= 11 is 0. The van der Waals surface area contributed by atoms with Gasteiger partial charge in [0.25, 0.3) is 11.7 Å². The number of likely N-dealkylation sites (tertiary alicyclic amines) is 1. The van der Waals surface area contributed by atoms with Gasteiger partial charge in [0.1, 0.15) is 17.3 Å². The van der Waals surface area contributed by atoms with Crippen LogP contribution in [0.5, 0.6) is 11.5 Å². The van der Waals surface area contributed by atoms with E-state index in [1.165, 1.54) is 4.90 Å². The molecule has 1 saturated heterocycles. The van der Waals surface area contributed by atoms with Crippen LogP contribution in [0.2, 0.25) is 0 Å². The third-order valence-electron chi connectivity index (χ3n) is 5.83. The van der Waals surface area contributed by atoms with Crippen molar-refractivity contribution >= 4 is 17.4 Å². The summed E-state index contributed by atoms with van der Waals surface area (Å²) in [5.74, 6) is -0.232. The van der Waals surface area contributed by atoms with Gasteiger partial charge >= 0.3 is 0 Å². The van der Waals surface area contributed by atoms with Crippen LogP contribution in [-0.2, 0) is 14.3 Å². The minimum Gasteiger partial charge on any atom is -0.507 e. The highest BCUT2D eigenvalue weighted by molar-refractivity contribution is 6.46.